The van der Waals surface area contributed by atoms with E-state index in [4.69, 9.17) is 0 Å². The summed E-state index contributed by atoms with van der Waals surface area (Å²) >= 11 is 0. The van der Waals surface area contributed by atoms with E-state index in [9.17, 15) is 9.90 Å². The number of rotatable bonds is 2. The van der Waals surface area contributed by atoms with Gasteiger partial charge in [0.25, 0.3) is 0 Å². The molecule has 2 rings (SSSR count). The number of hydrogen-bond donors (Lipinski definition) is 2. The van der Waals surface area contributed by atoms with Gasteiger partial charge in [-0.25, -0.2) is 0 Å². The van der Waals surface area contributed by atoms with Crippen LogP contribution in [-0.4, -0.2) is 47.7 Å². The van der Waals surface area contributed by atoms with Crippen molar-refractivity contribution in [1.82, 2.24) is 10.2 Å². The van der Waals surface area contributed by atoms with Gasteiger partial charge in [-0.2, -0.15) is 0 Å². The monoisotopic (exact) mass is 212 g/mol. The molecule has 2 unspecified atom stereocenters. The quantitative estimate of drug-likeness (QED) is 0.676. The first-order valence-electron chi connectivity index (χ1n) is 5.78. The molecule has 0 radical (unpaired) electrons. The summed E-state index contributed by atoms with van der Waals surface area (Å²) in [5, 5.41) is 13.0. The van der Waals surface area contributed by atoms with Crippen molar-refractivity contribution < 1.29 is 9.90 Å². The van der Waals surface area contributed by atoms with Crippen LogP contribution in [0, 0.1) is 5.92 Å². The number of hydrogen-bond acceptors (Lipinski definition) is 3. The van der Waals surface area contributed by atoms with Crippen molar-refractivity contribution >= 4 is 5.91 Å². The van der Waals surface area contributed by atoms with E-state index in [0.717, 1.165) is 19.5 Å². The number of carbonyl (C=O) groups excluding carboxylic acids is 1. The van der Waals surface area contributed by atoms with Crippen LogP contribution < -0.4 is 5.32 Å². The molecule has 2 aliphatic rings. The average Bonchev–Trinajstić information content (AvgIpc) is 2.74. The topological polar surface area (TPSA) is 52.6 Å². The second-order valence-electron chi connectivity index (χ2n) is 5.13. The zero-order valence-corrected chi connectivity index (χ0v) is 9.33. The molecule has 0 aromatic heterocycles. The molecule has 15 heavy (non-hydrogen) atoms. The van der Waals surface area contributed by atoms with Gasteiger partial charge in [0.2, 0.25) is 5.91 Å². The van der Waals surface area contributed by atoms with Crippen LogP contribution in [0.5, 0.6) is 0 Å². The predicted octanol–water partition coefficient (Wildman–Crippen LogP) is -0.0307. The molecule has 4 nitrogen and oxygen atoms in total. The molecule has 86 valence electrons. The molecule has 0 aromatic rings. The summed E-state index contributed by atoms with van der Waals surface area (Å²) in [5.74, 6) is 0.713. The number of nitrogens with one attached hydrogen (secondary N) is 1. The standard InChI is InChI=1S/C11H20N2O2/c1-11(15)3-5-13(8-11)10(14)6-9-2-4-12-7-9/h9,12,15H,2-8H2,1H3. The molecule has 4 heteroatoms. The highest BCUT2D eigenvalue weighted by molar-refractivity contribution is 5.77. The van der Waals surface area contributed by atoms with E-state index in [0.29, 0.717) is 31.8 Å². The van der Waals surface area contributed by atoms with Gasteiger partial charge in [-0.1, -0.05) is 0 Å². The van der Waals surface area contributed by atoms with E-state index in [1.165, 1.54) is 0 Å². The van der Waals surface area contributed by atoms with Crippen LogP contribution in [0.3, 0.4) is 0 Å². The molecule has 0 spiro atoms. The van der Waals surface area contributed by atoms with Gasteiger partial charge in [-0.3, -0.25) is 4.79 Å². The minimum atomic E-state index is -0.663. The van der Waals surface area contributed by atoms with Crippen molar-refractivity contribution in [2.45, 2.75) is 31.8 Å². The average molecular weight is 212 g/mol. The first kappa shape index (κ1) is 10.9. The summed E-state index contributed by atoms with van der Waals surface area (Å²) in [6, 6.07) is 0. The van der Waals surface area contributed by atoms with Gasteiger partial charge in [0, 0.05) is 19.5 Å². The Kier molecular flexibility index (Phi) is 2.98. The predicted molar refractivity (Wildman–Crippen MR) is 57.4 cm³/mol. The summed E-state index contributed by atoms with van der Waals surface area (Å²) in [6.45, 7) is 5.03. The maximum atomic E-state index is 11.9. The van der Waals surface area contributed by atoms with Crippen molar-refractivity contribution in [3.8, 4) is 0 Å². The van der Waals surface area contributed by atoms with Crippen molar-refractivity contribution in [3.63, 3.8) is 0 Å². The fourth-order valence-corrected chi connectivity index (χ4v) is 2.42. The summed E-state index contributed by atoms with van der Waals surface area (Å²) in [6.07, 6.45) is 2.46. The molecule has 0 aliphatic carbocycles. The molecule has 0 aromatic carbocycles. The molecule has 2 heterocycles. The van der Waals surface area contributed by atoms with E-state index in [2.05, 4.69) is 5.32 Å². The highest BCUT2D eigenvalue weighted by Gasteiger charge is 2.34. The van der Waals surface area contributed by atoms with Crippen LogP contribution in [0.2, 0.25) is 0 Å². The number of aliphatic hydroxyl groups is 1. The van der Waals surface area contributed by atoms with Gasteiger partial charge >= 0.3 is 0 Å². The molecule has 1 amide bonds. The lowest BCUT2D eigenvalue weighted by Crippen LogP contribution is -2.34. The Hall–Kier alpha value is -0.610. The van der Waals surface area contributed by atoms with Crippen molar-refractivity contribution in [2.75, 3.05) is 26.2 Å². The molecule has 2 atom stereocenters. The van der Waals surface area contributed by atoms with Crippen LogP contribution in [0.1, 0.15) is 26.2 Å². The van der Waals surface area contributed by atoms with E-state index < -0.39 is 5.60 Å². The number of nitrogens with zero attached hydrogens (tertiary/aromatic N) is 1. The van der Waals surface area contributed by atoms with E-state index in [-0.39, 0.29) is 5.91 Å². The Morgan fingerprint density at radius 2 is 2.47 bits per heavy atom. The highest BCUT2D eigenvalue weighted by atomic mass is 16.3. The lowest BCUT2D eigenvalue weighted by Gasteiger charge is -2.20. The summed E-state index contributed by atoms with van der Waals surface area (Å²) in [4.78, 5) is 13.7. The number of amides is 1. The van der Waals surface area contributed by atoms with Crippen LogP contribution in [0.15, 0.2) is 0 Å². The molecular weight excluding hydrogens is 192 g/mol. The highest BCUT2D eigenvalue weighted by Crippen LogP contribution is 2.22. The number of β-amino-alcohol motifs (C(OH)–C–C–N with tert-alkyl or cyclic N) is 1. The largest absolute Gasteiger partial charge is 0.388 e. The molecule has 2 fully saturated rings. The Balaban J connectivity index is 1.81. The zero-order chi connectivity index (χ0) is 10.9. The van der Waals surface area contributed by atoms with Gasteiger partial charge in [-0.15, -0.1) is 0 Å². The fraction of sp³-hybridized carbons (Fsp3) is 0.909. The van der Waals surface area contributed by atoms with E-state index >= 15 is 0 Å². The molecule has 0 saturated carbocycles. The smallest absolute Gasteiger partial charge is 0.222 e. The Morgan fingerprint density at radius 3 is 3.00 bits per heavy atom. The van der Waals surface area contributed by atoms with Crippen LogP contribution in [-0.2, 0) is 4.79 Å². The van der Waals surface area contributed by atoms with Gasteiger partial charge in [0.1, 0.15) is 0 Å². The first-order valence-corrected chi connectivity index (χ1v) is 5.78. The lowest BCUT2D eigenvalue weighted by molar-refractivity contribution is -0.131. The fourth-order valence-electron chi connectivity index (χ4n) is 2.42. The zero-order valence-electron chi connectivity index (χ0n) is 9.33. The summed E-state index contributed by atoms with van der Waals surface area (Å²) < 4.78 is 0. The summed E-state index contributed by atoms with van der Waals surface area (Å²) in [7, 11) is 0. The minimum absolute atomic E-state index is 0.210. The third-order valence-corrected chi connectivity index (χ3v) is 3.43. The SMILES string of the molecule is CC1(O)CCN(C(=O)CC2CCNC2)C1. The maximum absolute atomic E-state index is 11.9. The Labute approximate surface area is 90.6 Å². The Bertz CT molecular complexity index is 247. The Morgan fingerprint density at radius 1 is 1.67 bits per heavy atom. The van der Waals surface area contributed by atoms with Crippen molar-refractivity contribution in [1.29, 1.82) is 0 Å². The van der Waals surface area contributed by atoms with Crippen molar-refractivity contribution in [3.05, 3.63) is 0 Å². The number of carbonyl (C=O) groups is 1. The maximum Gasteiger partial charge on any atom is 0.222 e. The van der Waals surface area contributed by atoms with Crippen molar-refractivity contribution in [2.24, 2.45) is 5.92 Å². The van der Waals surface area contributed by atoms with Gasteiger partial charge in [-0.05, 0) is 38.8 Å². The van der Waals surface area contributed by atoms with E-state index in [1.54, 1.807) is 11.8 Å². The summed E-state index contributed by atoms with van der Waals surface area (Å²) in [5.41, 5.74) is -0.663. The normalized spacial score (nSPS) is 36.1. The van der Waals surface area contributed by atoms with Crippen LogP contribution in [0.25, 0.3) is 0 Å². The third kappa shape index (κ3) is 2.69. The molecule has 0 bridgehead atoms. The second-order valence-corrected chi connectivity index (χ2v) is 5.13. The first-order chi connectivity index (χ1) is 7.07. The van der Waals surface area contributed by atoms with Crippen LogP contribution in [0.4, 0.5) is 0 Å². The molecular formula is C11H20N2O2. The molecule has 2 saturated heterocycles. The lowest BCUT2D eigenvalue weighted by atomic mass is 10.0. The van der Waals surface area contributed by atoms with Gasteiger partial charge in [0.05, 0.1) is 5.60 Å². The van der Waals surface area contributed by atoms with Gasteiger partial charge in [0.15, 0.2) is 0 Å². The molecule has 2 aliphatic heterocycles. The number of likely N-dealkylation sites (tertiary alicyclic amines) is 1. The molecule has 2 N–H and O–H groups in total. The van der Waals surface area contributed by atoms with E-state index in [1.807, 2.05) is 0 Å². The van der Waals surface area contributed by atoms with Gasteiger partial charge < -0.3 is 15.3 Å². The minimum Gasteiger partial charge on any atom is -0.388 e. The second kappa shape index (κ2) is 4.10. The van der Waals surface area contributed by atoms with Crippen LogP contribution >= 0.6 is 0 Å². The third-order valence-electron chi connectivity index (χ3n) is 3.43.